The lowest BCUT2D eigenvalue weighted by atomic mass is 10.00. The van der Waals surface area contributed by atoms with Crippen molar-refractivity contribution in [3.8, 4) is 5.75 Å². The van der Waals surface area contributed by atoms with E-state index in [2.05, 4.69) is 16.8 Å². The van der Waals surface area contributed by atoms with E-state index in [4.69, 9.17) is 15.2 Å². The van der Waals surface area contributed by atoms with Crippen LogP contribution in [0, 0.1) is 11.7 Å². The third-order valence-electron chi connectivity index (χ3n) is 4.27. The maximum Gasteiger partial charge on any atom is 0.191 e. The Kier molecular flexibility index (Phi) is 4.47. The zero-order chi connectivity index (χ0) is 15.5. The van der Waals surface area contributed by atoms with Crippen molar-refractivity contribution in [2.45, 2.75) is 32.9 Å². The average Bonchev–Trinajstić information content (AvgIpc) is 2.52. The Morgan fingerprint density at radius 1 is 1.41 bits per heavy atom. The predicted molar refractivity (Wildman–Crippen MR) is 82.0 cm³/mol. The molecule has 1 aromatic rings. The SMILES string of the molecule is CC1CCN(C(N)=NCc2cc(F)cc3c2OCOC3)CC1. The van der Waals surface area contributed by atoms with Crippen LogP contribution in [-0.2, 0) is 17.9 Å². The Balaban J connectivity index is 1.73. The Morgan fingerprint density at radius 3 is 2.95 bits per heavy atom. The van der Waals surface area contributed by atoms with Gasteiger partial charge in [0.1, 0.15) is 11.6 Å². The molecule has 6 heteroatoms. The Labute approximate surface area is 129 Å². The third-order valence-corrected chi connectivity index (χ3v) is 4.27. The van der Waals surface area contributed by atoms with Crippen molar-refractivity contribution >= 4 is 5.96 Å². The third kappa shape index (κ3) is 3.32. The first-order chi connectivity index (χ1) is 10.6. The van der Waals surface area contributed by atoms with Crippen molar-refractivity contribution in [1.29, 1.82) is 0 Å². The number of nitrogens with zero attached hydrogens (tertiary/aromatic N) is 2. The van der Waals surface area contributed by atoms with Gasteiger partial charge in [-0.05, 0) is 30.9 Å². The zero-order valence-corrected chi connectivity index (χ0v) is 12.8. The number of nitrogens with two attached hydrogens (primary N) is 1. The maximum absolute atomic E-state index is 13.7. The molecule has 2 heterocycles. The normalized spacial score (nSPS) is 19.7. The van der Waals surface area contributed by atoms with E-state index >= 15 is 0 Å². The van der Waals surface area contributed by atoms with Gasteiger partial charge in [-0.2, -0.15) is 0 Å². The lowest BCUT2D eigenvalue weighted by molar-refractivity contribution is -0.0172. The highest BCUT2D eigenvalue weighted by Crippen LogP contribution is 2.30. The molecular weight excluding hydrogens is 285 g/mol. The number of hydrogen-bond donors (Lipinski definition) is 1. The summed E-state index contributed by atoms with van der Waals surface area (Å²) in [5.41, 5.74) is 7.51. The highest BCUT2D eigenvalue weighted by molar-refractivity contribution is 5.78. The Morgan fingerprint density at radius 2 is 2.18 bits per heavy atom. The van der Waals surface area contributed by atoms with Crippen molar-refractivity contribution in [1.82, 2.24) is 4.90 Å². The summed E-state index contributed by atoms with van der Waals surface area (Å²) >= 11 is 0. The van der Waals surface area contributed by atoms with Crippen LogP contribution in [0.3, 0.4) is 0 Å². The number of aliphatic imine (C=N–C) groups is 1. The summed E-state index contributed by atoms with van der Waals surface area (Å²) in [5, 5.41) is 0. The number of ether oxygens (including phenoxy) is 2. The number of rotatable bonds is 2. The molecule has 0 radical (unpaired) electrons. The van der Waals surface area contributed by atoms with E-state index in [9.17, 15) is 4.39 Å². The summed E-state index contributed by atoms with van der Waals surface area (Å²) in [4.78, 5) is 6.52. The maximum atomic E-state index is 13.7. The molecule has 2 aliphatic heterocycles. The number of benzene rings is 1. The summed E-state index contributed by atoms with van der Waals surface area (Å²) in [6, 6.07) is 2.90. The van der Waals surface area contributed by atoms with Crippen molar-refractivity contribution in [3.63, 3.8) is 0 Å². The van der Waals surface area contributed by atoms with E-state index in [-0.39, 0.29) is 12.6 Å². The van der Waals surface area contributed by atoms with Crippen LogP contribution in [0.15, 0.2) is 17.1 Å². The van der Waals surface area contributed by atoms with Crippen LogP contribution in [0.2, 0.25) is 0 Å². The molecule has 3 rings (SSSR count). The van der Waals surface area contributed by atoms with Crippen LogP contribution in [0.1, 0.15) is 30.9 Å². The summed E-state index contributed by atoms with van der Waals surface area (Å²) in [7, 11) is 0. The number of guanidine groups is 1. The fourth-order valence-corrected chi connectivity index (χ4v) is 2.88. The second-order valence-corrected chi connectivity index (χ2v) is 6.01. The monoisotopic (exact) mass is 307 g/mol. The Bertz CT molecular complexity index is 569. The van der Waals surface area contributed by atoms with Crippen LogP contribution >= 0.6 is 0 Å². The first-order valence-electron chi connectivity index (χ1n) is 7.70. The summed E-state index contributed by atoms with van der Waals surface area (Å²) in [5.74, 6) is 1.64. The number of fused-ring (bicyclic) bond motifs is 1. The minimum atomic E-state index is -0.302. The van der Waals surface area contributed by atoms with E-state index in [0.29, 0.717) is 30.4 Å². The van der Waals surface area contributed by atoms with Gasteiger partial charge in [-0.15, -0.1) is 0 Å². The molecule has 1 fully saturated rings. The van der Waals surface area contributed by atoms with Gasteiger partial charge in [0, 0.05) is 24.2 Å². The molecule has 0 spiro atoms. The number of halogens is 1. The molecule has 22 heavy (non-hydrogen) atoms. The topological polar surface area (TPSA) is 60.1 Å². The van der Waals surface area contributed by atoms with Crippen molar-refractivity contribution in [3.05, 3.63) is 29.1 Å². The minimum absolute atomic E-state index is 0.189. The van der Waals surface area contributed by atoms with E-state index in [0.717, 1.165) is 37.4 Å². The molecule has 1 aromatic carbocycles. The molecule has 5 nitrogen and oxygen atoms in total. The molecule has 0 atom stereocenters. The molecule has 0 amide bonds. The molecule has 1 saturated heterocycles. The summed E-state index contributed by atoms with van der Waals surface area (Å²) in [6.07, 6.45) is 2.26. The van der Waals surface area contributed by atoms with Gasteiger partial charge >= 0.3 is 0 Å². The minimum Gasteiger partial charge on any atom is -0.467 e. The lowest BCUT2D eigenvalue weighted by Crippen LogP contribution is -2.42. The van der Waals surface area contributed by atoms with E-state index in [1.165, 1.54) is 12.1 Å². The highest BCUT2D eigenvalue weighted by atomic mass is 19.1. The molecule has 2 N–H and O–H groups in total. The van der Waals surface area contributed by atoms with Gasteiger partial charge in [-0.3, -0.25) is 0 Å². The molecule has 0 unspecified atom stereocenters. The fourth-order valence-electron chi connectivity index (χ4n) is 2.88. The van der Waals surface area contributed by atoms with Crippen molar-refractivity contribution in [2.24, 2.45) is 16.6 Å². The lowest BCUT2D eigenvalue weighted by Gasteiger charge is -2.31. The van der Waals surface area contributed by atoms with Gasteiger partial charge in [0.15, 0.2) is 12.8 Å². The van der Waals surface area contributed by atoms with Crippen LogP contribution < -0.4 is 10.5 Å². The molecule has 120 valence electrons. The highest BCUT2D eigenvalue weighted by Gasteiger charge is 2.19. The van der Waals surface area contributed by atoms with Crippen molar-refractivity contribution in [2.75, 3.05) is 19.9 Å². The van der Waals surface area contributed by atoms with Crippen LogP contribution in [-0.4, -0.2) is 30.7 Å². The van der Waals surface area contributed by atoms with Crippen LogP contribution in [0.25, 0.3) is 0 Å². The van der Waals surface area contributed by atoms with E-state index in [1.54, 1.807) is 0 Å². The molecule has 0 aromatic heterocycles. The average molecular weight is 307 g/mol. The molecular formula is C16H22FN3O2. The van der Waals surface area contributed by atoms with Gasteiger partial charge in [0.2, 0.25) is 0 Å². The van der Waals surface area contributed by atoms with Gasteiger partial charge in [0.25, 0.3) is 0 Å². The number of piperidine rings is 1. The molecule has 2 aliphatic rings. The van der Waals surface area contributed by atoms with Gasteiger partial charge in [-0.1, -0.05) is 6.92 Å². The predicted octanol–water partition coefficient (Wildman–Crippen LogP) is 2.24. The fraction of sp³-hybridized carbons (Fsp3) is 0.562. The quantitative estimate of drug-likeness (QED) is 0.672. The van der Waals surface area contributed by atoms with Gasteiger partial charge in [0.05, 0.1) is 13.2 Å². The zero-order valence-electron chi connectivity index (χ0n) is 12.8. The molecule has 0 aliphatic carbocycles. The smallest absolute Gasteiger partial charge is 0.191 e. The first-order valence-corrected chi connectivity index (χ1v) is 7.70. The standard InChI is InChI=1S/C16H22FN3O2/c1-11-2-4-20(5-3-11)16(18)19-8-12-6-14(17)7-13-9-21-10-22-15(12)13/h6-7,11H,2-5,8-10H2,1H3,(H2,18,19). The summed E-state index contributed by atoms with van der Waals surface area (Å²) in [6.45, 7) is 4.99. The van der Waals surface area contributed by atoms with E-state index < -0.39 is 0 Å². The van der Waals surface area contributed by atoms with Gasteiger partial charge < -0.3 is 20.1 Å². The van der Waals surface area contributed by atoms with Crippen LogP contribution in [0.4, 0.5) is 4.39 Å². The summed E-state index contributed by atoms with van der Waals surface area (Å²) < 4.78 is 24.3. The number of likely N-dealkylation sites (tertiary alicyclic amines) is 1. The second kappa shape index (κ2) is 6.52. The number of hydrogen-bond acceptors (Lipinski definition) is 3. The van der Waals surface area contributed by atoms with Gasteiger partial charge in [-0.25, -0.2) is 9.38 Å². The van der Waals surface area contributed by atoms with Crippen LogP contribution in [0.5, 0.6) is 5.75 Å². The first kappa shape index (κ1) is 15.1. The molecule has 0 bridgehead atoms. The second-order valence-electron chi connectivity index (χ2n) is 6.01. The van der Waals surface area contributed by atoms with Crippen molar-refractivity contribution < 1.29 is 13.9 Å². The van der Waals surface area contributed by atoms with E-state index in [1.807, 2.05) is 0 Å². The largest absolute Gasteiger partial charge is 0.467 e. The molecule has 0 saturated carbocycles. The Hall–Kier alpha value is -1.82.